The second-order valence-electron chi connectivity index (χ2n) is 8.36. The maximum atomic E-state index is 12.1. The van der Waals surface area contributed by atoms with Gasteiger partial charge in [0.15, 0.2) is 6.61 Å². The summed E-state index contributed by atoms with van der Waals surface area (Å²) >= 11 is 0. The summed E-state index contributed by atoms with van der Waals surface area (Å²) in [6, 6.07) is 15.3. The number of hydrogen-bond acceptors (Lipinski definition) is 4. The van der Waals surface area contributed by atoms with E-state index in [1.54, 1.807) is 14.0 Å². The van der Waals surface area contributed by atoms with Crippen molar-refractivity contribution in [1.82, 2.24) is 5.32 Å². The lowest BCUT2D eigenvalue weighted by molar-refractivity contribution is -0.124. The van der Waals surface area contributed by atoms with Crippen LogP contribution in [0.15, 0.2) is 48.5 Å². The van der Waals surface area contributed by atoms with Crippen LogP contribution in [0.5, 0.6) is 11.5 Å². The predicted molar refractivity (Wildman–Crippen MR) is 111 cm³/mol. The maximum Gasteiger partial charge on any atom is 0.258 e. The molecule has 5 heteroatoms. The second kappa shape index (κ2) is 9.11. The summed E-state index contributed by atoms with van der Waals surface area (Å²) in [6.45, 7) is 8.19. The molecule has 152 valence electrons. The van der Waals surface area contributed by atoms with Crippen LogP contribution < -0.4 is 14.8 Å². The van der Waals surface area contributed by atoms with Crippen LogP contribution in [0.4, 0.5) is 0 Å². The standard InChI is InChI=1S/C23H31NO4/c1-22(2,3)18-8-12-20(13-9-18)28-15-21(25)24-16-23(4,26)14-17-6-10-19(27-5)11-7-17/h6-13,26H,14-16H2,1-5H3,(H,24,25). The highest BCUT2D eigenvalue weighted by molar-refractivity contribution is 5.77. The predicted octanol–water partition coefficient (Wildman–Crippen LogP) is 3.48. The van der Waals surface area contributed by atoms with Gasteiger partial charge in [-0.15, -0.1) is 0 Å². The molecule has 1 atom stereocenters. The second-order valence-corrected chi connectivity index (χ2v) is 8.36. The number of amides is 1. The van der Waals surface area contributed by atoms with E-state index in [-0.39, 0.29) is 24.5 Å². The lowest BCUT2D eigenvalue weighted by Crippen LogP contribution is -2.43. The molecule has 2 N–H and O–H groups in total. The van der Waals surface area contributed by atoms with E-state index in [2.05, 4.69) is 26.1 Å². The highest BCUT2D eigenvalue weighted by Gasteiger charge is 2.22. The van der Waals surface area contributed by atoms with E-state index < -0.39 is 5.60 Å². The highest BCUT2D eigenvalue weighted by Crippen LogP contribution is 2.24. The number of hydrogen-bond donors (Lipinski definition) is 2. The molecule has 5 nitrogen and oxygen atoms in total. The molecule has 1 unspecified atom stereocenters. The van der Waals surface area contributed by atoms with Gasteiger partial charge in [-0.2, -0.15) is 0 Å². The van der Waals surface area contributed by atoms with E-state index in [1.165, 1.54) is 5.56 Å². The number of nitrogens with one attached hydrogen (secondary N) is 1. The van der Waals surface area contributed by atoms with E-state index >= 15 is 0 Å². The van der Waals surface area contributed by atoms with Crippen LogP contribution in [0.3, 0.4) is 0 Å². The molecule has 0 spiro atoms. The molecule has 0 bridgehead atoms. The summed E-state index contributed by atoms with van der Waals surface area (Å²) in [6.07, 6.45) is 0.423. The average molecular weight is 386 g/mol. The van der Waals surface area contributed by atoms with Crippen LogP contribution in [-0.2, 0) is 16.6 Å². The van der Waals surface area contributed by atoms with Crippen LogP contribution in [-0.4, -0.2) is 36.9 Å². The van der Waals surface area contributed by atoms with Gasteiger partial charge in [0, 0.05) is 13.0 Å². The van der Waals surface area contributed by atoms with Crippen molar-refractivity contribution < 1.29 is 19.4 Å². The topological polar surface area (TPSA) is 67.8 Å². The fourth-order valence-corrected chi connectivity index (χ4v) is 2.79. The van der Waals surface area contributed by atoms with Gasteiger partial charge >= 0.3 is 0 Å². The summed E-state index contributed by atoms with van der Waals surface area (Å²) in [5, 5.41) is 13.3. The minimum Gasteiger partial charge on any atom is -0.497 e. The van der Waals surface area contributed by atoms with Crippen LogP contribution in [0.25, 0.3) is 0 Å². The van der Waals surface area contributed by atoms with Crippen LogP contribution >= 0.6 is 0 Å². The molecule has 0 saturated carbocycles. The Hall–Kier alpha value is -2.53. The summed E-state index contributed by atoms with van der Waals surface area (Å²) < 4.78 is 10.7. The van der Waals surface area contributed by atoms with E-state index in [1.807, 2.05) is 48.5 Å². The summed E-state index contributed by atoms with van der Waals surface area (Å²) in [5.41, 5.74) is 1.19. The molecule has 0 aliphatic carbocycles. The maximum absolute atomic E-state index is 12.1. The molecule has 2 rings (SSSR count). The van der Waals surface area contributed by atoms with Gasteiger partial charge in [-0.05, 0) is 47.7 Å². The Morgan fingerprint density at radius 3 is 2.07 bits per heavy atom. The fourth-order valence-electron chi connectivity index (χ4n) is 2.79. The van der Waals surface area contributed by atoms with E-state index in [0.717, 1.165) is 11.3 Å². The third-order valence-electron chi connectivity index (χ3n) is 4.50. The Bertz CT molecular complexity index is 759. The number of benzene rings is 2. The summed E-state index contributed by atoms with van der Waals surface area (Å²) in [4.78, 5) is 12.1. The molecule has 2 aromatic rings. The molecule has 0 aromatic heterocycles. The normalized spacial score (nSPS) is 13.5. The molecule has 0 radical (unpaired) electrons. The first-order chi connectivity index (χ1) is 13.1. The van der Waals surface area contributed by atoms with Gasteiger partial charge in [-0.1, -0.05) is 45.0 Å². The zero-order valence-electron chi connectivity index (χ0n) is 17.4. The van der Waals surface area contributed by atoms with Crippen molar-refractivity contribution in [3.63, 3.8) is 0 Å². The largest absolute Gasteiger partial charge is 0.497 e. The Labute approximate surface area is 167 Å². The van der Waals surface area contributed by atoms with Crippen molar-refractivity contribution in [3.05, 3.63) is 59.7 Å². The van der Waals surface area contributed by atoms with Crippen LogP contribution in [0.2, 0.25) is 0 Å². The van der Waals surface area contributed by atoms with Crippen molar-refractivity contribution >= 4 is 5.91 Å². The number of methoxy groups -OCH3 is 1. The lowest BCUT2D eigenvalue weighted by atomic mass is 9.87. The van der Waals surface area contributed by atoms with Gasteiger partial charge in [0.1, 0.15) is 11.5 Å². The number of carbonyl (C=O) groups is 1. The molecule has 2 aromatic carbocycles. The van der Waals surface area contributed by atoms with Crippen molar-refractivity contribution in [1.29, 1.82) is 0 Å². The number of ether oxygens (including phenoxy) is 2. The van der Waals surface area contributed by atoms with Crippen molar-refractivity contribution in [2.75, 3.05) is 20.3 Å². The van der Waals surface area contributed by atoms with E-state index in [0.29, 0.717) is 12.2 Å². The van der Waals surface area contributed by atoms with Crippen LogP contribution in [0.1, 0.15) is 38.8 Å². The molecule has 0 aliphatic rings. The minimum absolute atomic E-state index is 0.0748. The quantitative estimate of drug-likeness (QED) is 0.730. The van der Waals surface area contributed by atoms with Crippen molar-refractivity contribution in [2.24, 2.45) is 0 Å². The lowest BCUT2D eigenvalue weighted by Gasteiger charge is -2.24. The van der Waals surface area contributed by atoms with Gasteiger partial charge < -0.3 is 19.9 Å². The summed E-state index contributed by atoms with van der Waals surface area (Å²) in [5.74, 6) is 1.15. The number of carbonyl (C=O) groups excluding carboxylic acids is 1. The zero-order valence-corrected chi connectivity index (χ0v) is 17.4. The fraction of sp³-hybridized carbons (Fsp3) is 0.435. The Morgan fingerprint density at radius 1 is 0.964 bits per heavy atom. The Balaban J connectivity index is 1.79. The average Bonchev–Trinajstić information content (AvgIpc) is 2.65. The monoisotopic (exact) mass is 385 g/mol. The van der Waals surface area contributed by atoms with Gasteiger partial charge in [0.2, 0.25) is 0 Å². The first kappa shape index (κ1) is 21.8. The van der Waals surface area contributed by atoms with Gasteiger partial charge in [0.05, 0.1) is 12.7 Å². The van der Waals surface area contributed by atoms with Crippen molar-refractivity contribution in [2.45, 2.75) is 45.1 Å². The molecule has 0 heterocycles. The highest BCUT2D eigenvalue weighted by atomic mass is 16.5. The molecular formula is C23H31NO4. The molecule has 0 fully saturated rings. The SMILES string of the molecule is COc1ccc(CC(C)(O)CNC(=O)COc2ccc(C(C)(C)C)cc2)cc1. The minimum atomic E-state index is -1.06. The summed E-state index contributed by atoms with van der Waals surface area (Å²) in [7, 11) is 1.61. The molecule has 0 saturated heterocycles. The van der Waals surface area contributed by atoms with Gasteiger partial charge in [-0.3, -0.25) is 4.79 Å². The van der Waals surface area contributed by atoms with E-state index in [4.69, 9.17) is 9.47 Å². The number of aliphatic hydroxyl groups is 1. The first-order valence-electron chi connectivity index (χ1n) is 9.44. The third kappa shape index (κ3) is 6.89. The molecule has 1 amide bonds. The number of rotatable bonds is 8. The Kier molecular flexibility index (Phi) is 7.08. The Morgan fingerprint density at radius 2 is 1.54 bits per heavy atom. The first-order valence-corrected chi connectivity index (χ1v) is 9.44. The van der Waals surface area contributed by atoms with Crippen molar-refractivity contribution in [3.8, 4) is 11.5 Å². The van der Waals surface area contributed by atoms with Gasteiger partial charge in [0.25, 0.3) is 5.91 Å². The van der Waals surface area contributed by atoms with Gasteiger partial charge in [-0.25, -0.2) is 0 Å². The molecule has 28 heavy (non-hydrogen) atoms. The zero-order chi connectivity index (χ0) is 20.8. The smallest absolute Gasteiger partial charge is 0.258 e. The molecular weight excluding hydrogens is 354 g/mol. The molecule has 0 aliphatic heterocycles. The third-order valence-corrected chi connectivity index (χ3v) is 4.50. The van der Waals surface area contributed by atoms with E-state index in [9.17, 15) is 9.90 Å². The van der Waals surface area contributed by atoms with Crippen LogP contribution in [0, 0.1) is 0 Å².